The largest absolute Gasteiger partial charge is 0.338 e. The molecular formula is C18H16N6OS. The highest BCUT2D eigenvalue weighted by molar-refractivity contribution is 7.99. The minimum absolute atomic E-state index is 0.0843. The average molecular weight is 364 g/mol. The maximum Gasteiger partial charge on any atom is 0.226 e. The molecule has 0 radical (unpaired) electrons. The van der Waals surface area contributed by atoms with E-state index < -0.39 is 0 Å². The predicted octanol–water partition coefficient (Wildman–Crippen LogP) is 3.33. The molecule has 3 heterocycles. The Hall–Kier alpha value is -3.00. The molecule has 4 rings (SSSR count). The van der Waals surface area contributed by atoms with Crippen LogP contribution in [0.4, 0.5) is 5.82 Å². The lowest BCUT2D eigenvalue weighted by Crippen LogP contribution is -2.14. The van der Waals surface area contributed by atoms with E-state index in [1.54, 1.807) is 6.20 Å². The van der Waals surface area contributed by atoms with Crippen LogP contribution in [0.2, 0.25) is 0 Å². The summed E-state index contributed by atoms with van der Waals surface area (Å²) in [7, 11) is 0. The number of carbonyl (C=O) groups excluding carboxylic acids is 1. The summed E-state index contributed by atoms with van der Waals surface area (Å²) in [4.78, 5) is 24.0. The van der Waals surface area contributed by atoms with E-state index in [1.807, 2.05) is 43.3 Å². The van der Waals surface area contributed by atoms with Gasteiger partial charge < -0.3 is 10.3 Å². The van der Waals surface area contributed by atoms with Crippen molar-refractivity contribution in [3.8, 4) is 0 Å². The highest BCUT2D eigenvalue weighted by Gasteiger charge is 2.10. The maximum absolute atomic E-state index is 12.1. The van der Waals surface area contributed by atoms with Crippen molar-refractivity contribution in [3.63, 3.8) is 0 Å². The van der Waals surface area contributed by atoms with Crippen LogP contribution in [-0.4, -0.2) is 36.8 Å². The van der Waals surface area contributed by atoms with Crippen molar-refractivity contribution in [2.45, 2.75) is 18.5 Å². The third kappa shape index (κ3) is 3.36. The number of hydrogen-bond donors (Lipinski definition) is 2. The van der Waals surface area contributed by atoms with Crippen LogP contribution >= 0.6 is 11.8 Å². The van der Waals surface area contributed by atoms with Gasteiger partial charge in [-0.15, -0.1) is 10.2 Å². The number of anilines is 1. The van der Waals surface area contributed by atoms with Crippen molar-refractivity contribution in [2.24, 2.45) is 0 Å². The van der Waals surface area contributed by atoms with Crippen LogP contribution in [0.25, 0.3) is 22.1 Å². The summed E-state index contributed by atoms with van der Waals surface area (Å²) < 4.78 is 0. The highest BCUT2D eigenvalue weighted by atomic mass is 32.2. The summed E-state index contributed by atoms with van der Waals surface area (Å²) in [5.74, 6) is 1.07. The van der Waals surface area contributed by atoms with E-state index >= 15 is 0 Å². The number of hydrogen-bond acceptors (Lipinski definition) is 6. The minimum atomic E-state index is -0.0843. The Balaban J connectivity index is 1.39. The summed E-state index contributed by atoms with van der Waals surface area (Å²) in [6, 6.07) is 11.6. The van der Waals surface area contributed by atoms with E-state index in [2.05, 4.69) is 30.5 Å². The monoisotopic (exact) mass is 364 g/mol. The fourth-order valence-electron chi connectivity index (χ4n) is 2.61. The first kappa shape index (κ1) is 16.5. The van der Waals surface area contributed by atoms with Crippen molar-refractivity contribution in [1.29, 1.82) is 0 Å². The molecule has 2 N–H and O–H groups in total. The zero-order chi connectivity index (χ0) is 17.9. The lowest BCUT2D eigenvalue weighted by Gasteiger charge is -2.06. The Morgan fingerprint density at radius 1 is 1.19 bits per heavy atom. The van der Waals surface area contributed by atoms with Gasteiger partial charge in [0, 0.05) is 29.3 Å². The van der Waals surface area contributed by atoms with Gasteiger partial charge in [-0.25, -0.2) is 9.97 Å². The Bertz CT molecular complexity index is 1090. The molecular weight excluding hydrogens is 348 g/mol. The quantitative estimate of drug-likeness (QED) is 0.527. The molecule has 0 unspecified atom stereocenters. The Morgan fingerprint density at radius 2 is 2.08 bits per heavy atom. The van der Waals surface area contributed by atoms with Gasteiger partial charge in [-0.3, -0.25) is 4.79 Å². The number of carbonyl (C=O) groups is 1. The van der Waals surface area contributed by atoms with Crippen molar-refractivity contribution >= 4 is 45.6 Å². The number of rotatable bonds is 5. The van der Waals surface area contributed by atoms with Gasteiger partial charge in [0.05, 0.1) is 0 Å². The molecule has 0 aliphatic rings. The van der Waals surface area contributed by atoms with Crippen LogP contribution in [0, 0.1) is 6.92 Å². The summed E-state index contributed by atoms with van der Waals surface area (Å²) in [6.07, 6.45) is 2.00. The molecule has 1 amide bonds. The molecule has 0 saturated carbocycles. The van der Waals surface area contributed by atoms with Crippen LogP contribution in [-0.2, 0) is 4.79 Å². The van der Waals surface area contributed by atoms with Gasteiger partial charge in [0.25, 0.3) is 0 Å². The van der Waals surface area contributed by atoms with E-state index in [0.29, 0.717) is 28.8 Å². The number of nitrogens with zero attached hydrogens (tertiary/aromatic N) is 4. The van der Waals surface area contributed by atoms with Gasteiger partial charge in [-0.05, 0) is 24.6 Å². The Labute approximate surface area is 153 Å². The van der Waals surface area contributed by atoms with E-state index in [4.69, 9.17) is 0 Å². The van der Waals surface area contributed by atoms with Gasteiger partial charge in [0.1, 0.15) is 11.3 Å². The summed E-state index contributed by atoms with van der Waals surface area (Å²) >= 11 is 1.40. The van der Waals surface area contributed by atoms with Gasteiger partial charge in [-0.2, -0.15) is 0 Å². The third-order valence-electron chi connectivity index (χ3n) is 3.93. The summed E-state index contributed by atoms with van der Waals surface area (Å²) in [5, 5.41) is 12.8. The SMILES string of the molecule is Cc1cccnc1NC(=O)CCSc1nnc2c(n1)[nH]c1ccccc12. The fourth-order valence-corrected chi connectivity index (χ4v) is 3.34. The van der Waals surface area contributed by atoms with Crippen LogP contribution in [0.15, 0.2) is 47.8 Å². The lowest BCUT2D eigenvalue weighted by molar-refractivity contribution is -0.115. The molecule has 1 aromatic carbocycles. The second-order valence-corrected chi connectivity index (χ2v) is 6.84. The highest BCUT2D eigenvalue weighted by Crippen LogP contribution is 2.23. The van der Waals surface area contributed by atoms with E-state index in [0.717, 1.165) is 22.0 Å². The van der Waals surface area contributed by atoms with Crippen molar-refractivity contribution < 1.29 is 4.79 Å². The number of aromatic nitrogens is 5. The first-order chi connectivity index (χ1) is 12.7. The predicted molar refractivity (Wildman–Crippen MR) is 102 cm³/mol. The number of para-hydroxylation sites is 1. The molecule has 0 saturated heterocycles. The van der Waals surface area contributed by atoms with Crippen molar-refractivity contribution in [3.05, 3.63) is 48.2 Å². The maximum atomic E-state index is 12.1. The molecule has 7 nitrogen and oxygen atoms in total. The van der Waals surface area contributed by atoms with E-state index in [-0.39, 0.29) is 5.91 Å². The smallest absolute Gasteiger partial charge is 0.226 e. The van der Waals surface area contributed by atoms with Crippen LogP contribution in [0.1, 0.15) is 12.0 Å². The van der Waals surface area contributed by atoms with Crippen molar-refractivity contribution in [1.82, 2.24) is 25.1 Å². The Kier molecular flexibility index (Phi) is 4.49. The number of thioether (sulfide) groups is 1. The number of aryl methyl sites for hydroxylation is 1. The molecule has 0 atom stereocenters. The zero-order valence-corrected chi connectivity index (χ0v) is 14.9. The molecule has 4 aromatic rings. The second-order valence-electron chi connectivity index (χ2n) is 5.78. The number of pyridine rings is 1. The summed E-state index contributed by atoms with van der Waals surface area (Å²) in [6.45, 7) is 1.91. The first-order valence-electron chi connectivity index (χ1n) is 8.16. The fraction of sp³-hybridized carbons (Fsp3) is 0.167. The number of fused-ring (bicyclic) bond motifs is 3. The summed E-state index contributed by atoms with van der Waals surface area (Å²) in [5.41, 5.74) is 3.38. The van der Waals surface area contributed by atoms with Crippen LogP contribution in [0.3, 0.4) is 0 Å². The normalized spacial score (nSPS) is 11.1. The Morgan fingerprint density at radius 3 is 2.96 bits per heavy atom. The zero-order valence-electron chi connectivity index (χ0n) is 14.1. The average Bonchev–Trinajstić information content (AvgIpc) is 3.01. The molecule has 0 aliphatic carbocycles. The molecule has 26 heavy (non-hydrogen) atoms. The number of nitrogens with one attached hydrogen (secondary N) is 2. The standard InChI is InChI=1S/C18H16N6OS/c1-11-5-4-9-19-16(11)21-14(25)8-10-26-18-22-17-15(23-24-18)12-6-2-3-7-13(12)20-17/h2-7,9H,8,10H2,1H3,(H,19,21,25)(H,20,22,24). The molecule has 0 spiro atoms. The second kappa shape index (κ2) is 7.09. The van der Waals surface area contributed by atoms with E-state index in [1.165, 1.54) is 11.8 Å². The molecule has 130 valence electrons. The number of aromatic amines is 1. The van der Waals surface area contributed by atoms with Gasteiger partial charge in [0.2, 0.25) is 11.1 Å². The molecule has 0 bridgehead atoms. The molecule has 0 aliphatic heterocycles. The topological polar surface area (TPSA) is 96.5 Å². The number of amides is 1. The third-order valence-corrected chi connectivity index (χ3v) is 4.77. The molecule has 3 aromatic heterocycles. The van der Waals surface area contributed by atoms with Crippen LogP contribution < -0.4 is 5.32 Å². The van der Waals surface area contributed by atoms with Gasteiger partial charge in [0.15, 0.2) is 5.65 Å². The van der Waals surface area contributed by atoms with Crippen LogP contribution in [0.5, 0.6) is 0 Å². The van der Waals surface area contributed by atoms with E-state index in [9.17, 15) is 4.79 Å². The van der Waals surface area contributed by atoms with Gasteiger partial charge in [-0.1, -0.05) is 36.0 Å². The molecule has 0 fully saturated rings. The van der Waals surface area contributed by atoms with Gasteiger partial charge >= 0.3 is 0 Å². The lowest BCUT2D eigenvalue weighted by atomic mass is 10.2. The minimum Gasteiger partial charge on any atom is -0.338 e. The molecule has 8 heteroatoms. The first-order valence-corrected chi connectivity index (χ1v) is 9.15. The number of H-pyrrole nitrogens is 1. The number of benzene rings is 1. The van der Waals surface area contributed by atoms with Crippen molar-refractivity contribution in [2.75, 3.05) is 11.1 Å².